The summed E-state index contributed by atoms with van der Waals surface area (Å²) in [5.74, 6) is 0. The van der Waals surface area contributed by atoms with Gasteiger partial charge in [0.1, 0.15) is 0 Å². The van der Waals surface area contributed by atoms with Crippen LogP contribution in [0.15, 0.2) is 0 Å². The first-order valence-electron chi connectivity index (χ1n) is 4.87. The minimum Gasteiger partial charge on any atom is -0.383 e. The Morgan fingerprint density at radius 2 is 1.75 bits per heavy atom. The smallest absolute Gasteiger partial charge is 0.0617 e. The normalized spacial score (nSPS) is 12.2. The van der Waals surface area contributed by atoms with E-state index < -0.39 is 0 Å². The van der Waals surface area contributed by atoms with Crippen molar-refractivity contribution in [3.8, 4) is 0 Å². The van der Waals surface area contributed by atoms with E-state index in [0.717, 1.165) is 6.61 Å². The van der Waals surface area contributed by atoms with Gasteiger partial charge in [-0.3, -0.25) is 0 Å². The Labute approximate surface area is 77.9 Å². The molecule has 1 atom stereocenters. The van der Waals surface area contributed by atoms with Gasteiger partial charge in [0.05, 0.1) is 6.61 Å². The van der Waals surface area contributed by atoms with Gasteiger partial charge in [0, 0.05) is 13.2 Å². The van der Waals surface area contributed by atoms with Gasteiger partial charge in [-0.1, -0.05) is 27.2 Å². The first-order chi connectivity index (χ1) is 5.72. The number of likely N-dealkylation sites (N-methyl/N-ethyl adjacent to an activating group) is 1. The summed E-state index contributed by atoms with van der Waals surface area (Å²) >= 11 is 0. The Morgan fingerprint density at radius 3 is 2.00 bits per heavy atom. The Kier molecular flexibility index (Phi) is 13.1. The largest absolute Gasteiger partial charge is 0.383 e. The molecule has 0 N–H and O–H groups in total. The fraction of sp³-hybridized carbons (Fsp3) is 1.00. The van der Waals surface area contributed by atoms with Crippen LogP contribution in [-0.2, 0) is 4.74 Å². The number of nitrogens with zero attached hydrogens (tertiary/aromatic N) is 1. The number of methoxy groups -OCH3 is 1. The summed E-state index contributed by atoms with van der Waals surface area (Å²) in [6, 6.07) is 0.593. The molecule has 0 rings (SSSR count). The molecule has 0 aromatic heterocycles. The van der Waals surface area contributed by atoms with E-state index in [-0.39, 0.29) is 0 Å². The van der Waals surface area contributed by atoms with E-state index in [2.05, 4.69) is 25.9 Å². The lowest BCUT2D eigenvalue weighted by atomic mass is 10.2. The van der Waals surface area contributed by atoms with Crippen LogP contribution < -0.4 is 0 Å². The molecule has 0 aliphatic rings. The molecule has 0 saturated carbocycles. The third kappa shape index (κ3) is 8.02. The molecule has 0 saturated heterocycles. The third-order valence-corrected chi connectivity index (χ3v) is 1.71. The fourth-order valence-corrected chi connectivity index (χ4v) is 1.02. The van der Waals surface area contributed by atoms with Crippen molar-refractivity contribution in [1.82, 2.24) is 4.90 Å². The molecule has 1 unspecified atom stereocenters. The first kappa shape index (κ1) is 14.4. The van der Waals surface area contributed by atoms with E-state index in [9.17, 15) is 0 Å². The topological polar surface area (TPSA) is 12.5 Å². The average molecular weight is 175 g/mol. The van der Waals surface area contributed by atoms with Gasteiger partial charge < -0.3 is 9.64 Å². The maximum Gasteiger partial charge on any atom is 0.0617 e. The number of hydrogen-bond donors (Lipinski definition) is 0. The fourth-order valence-electron chi connectivity index (χ4n) is 1.02. The molecule has 0 spiro atoms. The summed E-state index contributed by atoms with van der Waals surface area (Å²) in [5, 5.41) is 0. The lowest BCUT2D eigenvalue weighted by Crippen LogP contribution is -2.31. The van der Waals surface area contributed by atoms with E-state index in [0.29, 0.717) is 6.04 Å². The summed E-state index contributed by atoms with van der Waals surface area (Å²) in [6.07, 6.45) is 2.45. The Bertz CT molecular complexity index is 68.2. The lowest BCUT2D eigenvalue weighted by Gasteiger charge is -2.22. The van der Waals surface area contributed by atoms with Crippen LogP contribution >= 0.6 is 0 Å². The molecule has 76 valence electrons. The second-order valence-electron chi connectivity index (χ2n) is 2.86. The molecular weight excluding hydrogens is 150 g/mol. The number of hydrogen-bond acceptors (Lipinski definition) is 2. The maximum atomic E-state index is 5.08. The molecule has 0 bridgehead atoms. The highest BCUT2D eigenvalue weighted by molar-refractivity contribution is 4.63. The second-order valence-corrected chi connectivity index (χ2v) is 2.86. The molecule has 0 aliphatic carbocycles. The summed E-state index contributed by atoms with van der Waals surface area (Å²) in [5.41, 5.74) is 0. The van der Waals surface area contributed by atoms with Gasteiger partial charge in [-0.25, -0.2) is 0 Å². The van der Waals surface area contributed by atoms with E-state index in [1.54, 1.807) is 7.11 Å². The van der Waals surface area contributed by atoms with Gasteiger partial charge in [-0.2, -0.15) is 0 Å². The van der Waals surface area contributed by atoms with Crippen LogP contribution in [0.2, 0.25) is 0 Å². The number of ether oxygens (including phenoxy) is 1. The molecule has 0 fully saturated rings. The summed E-state index contributed by atoms with van der Waals surface area (Å²) < 4.78 is 5.08. The summed E-state index contributed by atoms with van der Waals surface area (Å²) in [4.78, 5) is 2.22. The van der Waals surface area contributed by atoms with Crippen molar-refractivity contribution in [3.63, 3.8) is 0 Å². The predicted molar refractivity (Wildman–Crippen MR) is 55.6 cm³/mol. The molecule has 0 aliphatic heterocycles. The van der Waals surface area contributed by atoms with Gasteiger partial charge in [0.2, 0.25) is 0 Å². The van der Waals surface area contributed by atoms with Crippen LogP contribution in [0, 0.1) is 0 Å². The van der Waals surface area contributed by atoms with Gasteiger partial charge in [-0.15, -0.1) is 0 Å². The van der Waals surface area contributed by atoms with Crippen LogP contribution in [-0.4, -0.2) is 38.8 Å². The van der Waals surface area contributed by atoms with Crippen LogP contribution in [0.3, 0.4) is 0 Å². The van der Waals surface area contributed by atoms with Crippen molar-refractivity contribution >= 4 is 0 Å². The number of rotatable bonds is 5. The van der Waals surface area contributed by atoms with E-state index in [1.807, 2.05) is 13.8 Å². The van der Waals surface area contributed by atoms with Crippen LogP contribution in [0.1, 0.15) is 33.6 Å². The van der Waals surface area contributed by atoms with Crippen LogP contribution in [0.5, 0.6) is 0 Å². The Balaban J connectivity index is 0. The molecule has 12 heavy (non-hydrogen) atoms. The predicted octanol–water partition coefficient (Wildman–Crippen LogP) is 2.39. The molecule has 2 nitrogen and oxygen atoms in total. The SMILES string of the molecule is CC.CCCC(COC)N(C)C. The highest BCUT2D eigenvalue weighted by Gasteiger charge is 2.08. The maximum absolute atomic E-state index is 5.08. The van der Waals surface area contributed by atoms with E-state index in [1.165, 1.54) is 12.8 Å². The zero-order valence-corrected chi connectivity index (χ0v) is 9.55. The summed E-state index contributed by atoms with van der Waals surface area (Å²) in [7, 11) is 5.95. The highest BCUT2D eigenvalue weighted by atomic mass is 16.5. The van der Waals surface area contributed by atoms with Crippen LogP contribution in [0.4, 0.5) is 0 Å². The molecule has 0 aromatic carbocycles. The minimum absolute atomic E-state index is 0.593. The highest BCUT2D eigenvalue weighted by Crippen LogP contribution is 2.02. The van der Waals surface area contributed by atoms with Gasteiger partial charge in [0.15, 0.2) is 0 Å². The monoisotopic (exact) mass is 175 g/mol. The van der Waals surface area contributed by atoms with Crippen molar-refractivity contribution in [2.24, 2.45) is 0 Å². The van der Waals surface area contributed by atoms with Gasteiger partial charge in [0.25, 0.3) is 0 Å². The summed E-state index contributed by atoms with van der Waals surface area (Å²) in [6.45, 7) is 7.05. The Hall–Kier alpha value is -0.0800. The zero-order chi connectivity index (χ0) is 9.98. The molecule has 2 heteroatoms. The van der Waals surface area contributed by atoms with Crippen molar-refractivity contribution in [3.05, 3.63) is 0 Å². The molecular formula is C10H25NO. The molecule has 0 aromatic rings. The van der Waals surface area contributed by atoms with E-state index >= 15 is 0 Å². The van der Waals surface area contributed by atoms with Gasteiger partial charge in [-0.05, 0) is 20.5 Å². The van der Waals surface area contributed by atoms with Crippen molar-refractivity contribution < 1.29 is 4.74 Å². The Morgan fingerprint density at radius 1 is 1.25 bits per heavy atom. The standard InChI is InChI=1S/C8H19NO.C2H6/c1-5-6-8(7-10-4)9(2)3;1-2/h8H,5-7H2,1-4H3;1-2H3. The lowest BCUT2D eigenvalue weighted by molar-refractivity contribution is 0.115. The third-order valence-electron chi connectivity index (χ3n) is 1.71. The van der Waals surface area contributed by atoms with E-state index in [4.69, 9.17) is 4.74 Å². The van der Waals surface area contributed by atoms with Crippen molar-refractivity contribution in [2.75, 3.05) is 27.8 Å². The van der Waals surface area contributed by atoms with Gasteiger partial charge >= 0.3 is 0 Å². The molecule has 0 amide bonds. The average Bonchev–Trinajstić information content (AvgIpc) is 2.08. The minimum atomic E-state index is 0.593. The quantitative estimate of drug-likeness (QED) is 0.636. The molecule has 0 radical (unpaired) electrons. The van der Waals surface area contributed by atoms with Crippen LogP contribution in [0.25, 0.3) is 0 Å². The second kappa shape index (κ2) is 10.9. The van der Waals surface area contributed by atoms with Crippen molar-refractivity contribution in [1.29, 1.82) is 0 Å². The van der Waals surface area contributed by atoms with Crippen molar-refractivity contribution in [2.45, 2.75) is 39.7 Å². The zero-order valence-electron chi connectivity index (χ0n) is 9.55. The first-order valence-corrected chi connectivity index (χ1v) is 4.87. The molecule has 0 heterocycles.